The lowest BCUT2D eigenvalue weighted by Gasteiger charge is -2.21. The molecule has 0 aliphatic rings. The van der Waals surface area contributed by atoms with Crippen molar-refractivity contribution in [2.75, 3.05) is 13.2 Å². The molecule has 2 N–H and O–H groups in total. The Morgan fingerprint density at radius 2 is 1.95 bits per heavy atom. The average Bonchev–Trinajstić information content (AvgIpc) is 2.39. The molecule has 0 atom stereocenters. The SMILES string of the molecule is Cc1ccc(/C=C/CC(=O)NCC(C)(C)CO)cc1. The number of aliphatic hydroxyl groups is 1. The molecule has 0 unspecified atom stereocenters. The van der Waals surface area contributed by atoms with Crippen molar-refractivity contribution < 1.29 is 9.90 Å². The predicted molar refractivity (Wildman–Crippen MR) is 78.7 cm³/mol. The molecular weight excluding hydrogens is 238 g/mol. The van der Waals surface area contributed by atoms with Gasteiger partial charge in [0.15, 0.2) is 0 Å². The largest absolute Gasteiger partial charge is 0.396 e. The topological polar surface area (TPSA) is 49.3 Å². The first kappa shape index (κ1) is 15.4. The van der Waals surface area contributed by atoms with Crippen molar-refractivity contribution in [3.63, 3.8) is 0 Å². The molecule has 1 rings (SSSR count). The van der Waals surface area contributed by atoms with Gasteiger partial charge < -0.3 is 10.4 Å². The standard InChI is InChI=1S/C16H23NO2/c1-13-7-9-14(10-8-13)5-4-6-15(19)17-11-16(2,3)12-18/h4-5,7-10,18H,6,11-12H2,1-3H3,(H,17,19)/b5-4+. The molecule has 0 saturated heterocycles. The molecule has 0 aliphatic carbocycles. The van der Waals surface area contributed by atoms with Crippen LogP contribution in [0, 0.1) is 12.3 Å². The fourth-order valence-electron chi connectivity index (χ4n) is 1.45. The smallest absolute Gasteiger partial charge is 0.223 e. The molecule has 3 heteroatoms. The molecular formula is C16H23NO2. The fourth-order valence-corrected chi connectivity index (χ4v) is 1.45. The number of benzene rings is 1. The normalized spacial score (nSPS) is 11.8. The van der Waals surface area contributed by atoms with Crippen LogP contribution in [-0.2, 0) is 4.79 Å². The maximum Gasteiger partial charge on any atom is 0.223 e. The van der Waals surface area contributed by atoms with Crippen LogP contribution >= 0.6 is 0 Å². The van der Waals surface area contributed by atoms with Crippen LogP contribution in [0.3, 0.4) is 0 Å². The summed E-state index contributed by atoms with van der Waals surface area (Å²) >= 11 is 0. The highest BCUT2D eigenvalue weighted by Crippen LogP contribution is 2.11. The summed E-state index contributed by atoms with van der Waals surface area (Å²) in [4.78, 5) is 11.6. The highest BCUT2D eigenvalue weighted by molar-refractivity contribution is 5.78. The first-order chi connectivity index (χ1) is 8.93. The second kappa shape index (κ2) is 7.10. The summed E-state index contributed by atoms with van der Waals surface area (Å²) in [6.07, 6.45) is 4.15. The molecule has 1 amide bonds. The summed E-state index contributed by atoms with van der Waals surface area (Å²) in [6.45, 7) is 6.42. The van der Waals surface area contributed by atoms with Crippen LogP contribution in [0.2, 0.25) is 0 Å². The van der Waals surface area contributed by atoms with Crippen molar-refractivity contribution in [1.82, 2.24) is 5.32 Å². The predicted octanol–water partition coefficient (Wildman–Crippen LogP) is 2.53. The van der Waals surface area contributed by atoms with Crippen molar-refractivity contribution in [1.29, 1.82) is 0 Å². The van der Waals surface area contributed by atoms with E-state index in [2.05, 4.69) is 5.32 Å². The van der Waals surface area contributed by atoms with E-state index in [1.807, 2.05) is 57.2 Å². The van der Waals surface area contributed by atoms with Crippen molar-refractivity contribution >= 4 is 12.0 Å². The van der Waals surface area contributed by atoms with Gasteiger partial charge in [0, 0.05) is 25.0 Å². The Balaban J connectivity index is 2.36. The lowest BCUT2D eigenvalue weighted by Crippen LogP contribution is -2.35. The second-order valence-corrected chi connectivity index (χ2v) is 5.62. The van der Waals surface area contributed by atoms with E-state index in [-0.39, 0.29) is 17.9 Å². The van der Waals surface area contributed by atoms with Gasteiger partial charge in [0.2, 0.25) is 5.91 Å². The zero-order valence-corrected chi connectivity index (χ0v) is 11.9. The van der Waals surface area contributed by atoms with Gasteiger partial charge >= 0.3 is 0 Å². The van der Waals surface area contributed by atoms with Gasteiger partial charge in [0.05, 0.1) is 0 Å². The molecule has 19 heavy (non-hydrogen) atoms. The van der Waals surface area contributed by atoms with Gasteiger partial charge in [-0.3, -0.25) is 4.79 Å². The quantitative estimate of drug-likeness (QED) is 0.826. The number of hydrogen-bond donors (Lipinski definition) is 2. The van der Waals surface area contributed by atoms with Gasteiger partial charge in [-0.2, -0.15) is 0 Å². The van der Waals surface area contributed by atoms with Crippen LogP contribution in [-0.4, -0.2) is 24.2 Å². The third kappa shape index (κ3) is 6.20. The minimum atomic E-state index is -0.268. The third-order valence-corrected chi connectivity index (χ3v) is 2.88. The fraction of sp³-hybridized carbons (Fsp3) is 0.438. The zero-order valence-electron chi connectivity index (χ0n) is 11.9. The number of amides is 1. The van der Waals surface area contributed by atoms with Crippen LogP contribution in [0.25, 0.3) is 6.08 Å². The molecule has 3 nitrogen and oxygen atoms in total. The molecule has 0 spiro atoms. The monoisotopic (exact) mass is 261 g/mol. The molecule has 1 aromatic rings. The number of hydrogen-bond acceptors (Lipinski definition) is 2. The molecule has 1 aromatic carbocycles. The summed E-state index contributed by atoms with van der Waals surface area (Å²) in [5.74, 6) is -0.0233. The van der Waals surface area contributed by atoms with Crippen LogP contribution in [0.15, 0.2) is 30.3 Å². The molecule has 104 valence electrons. The zero-order chi connectivity index (χ0) is 14.3. The van der Waals surface area contributed by atoms with Crippen molar-refractivity contribution in [2.24, 2.45) is 5.41 Å². The van der Waals surface area contributed by atoms with Crippen LogP contribution in [0.1, 0.15) is 31.4 Å². The molecule has 0 aliphatic heterocycles. The van der Waals surface area contributed by atoms with Crippen molar-refractivity contribution in [3.05, 3.63) is 41.5 Å². The molecule has 0 aromatic heterocycles. The Labute approximate surface area is 115 Å². The number of carbonyl (C=O) groups is 1. The summed E-state index contributed by atoms with van der Waals surface area (Å²) in [5.41, 5.74) is 2.05. The second-order valence-electron chi connectivity index (χ2n) is 5.62. The van der Waals surface area contributed by atoms with Crippen molar-refractivity contribution in [3.8, 4) is 0 Å². The van der Waals surface area contributed by atoms with Gasteiger partial charge in [-0.15, -0.1) is 0 Å². The average molecular weight is 261 g/mol. The van der Waals surface area contributed by atoms with Crippen LogP contribution in [0.4, 0.5) is 0 Å². The summed E-state index contributed by atoms with van der Waals surface area (Å²) < 4.78 is 0. The highest BCUT2D eigenvalue weighted by atomic mass is 16.3. The minimum Gasteiger partial charge on any atom is -0.396 e. The first-order valence-electron chi connectivity index (χ1n) is 6.54. The Morgan fingerprint density at radius 1 is 1.32 bits per heavy atom. The maximum absolute atomic E-state index is 11.6. The van der Waals surface area contributed by atoms with E-state index in [0.717, 1.165) is 5.56 Å². The maximum atomic E-state index is 11.6. The van der Waals surface area contributed by atoms with Crippen LogP contribution in [0.5, 0.6) is 0 Å². The van der Waals surface area contributed by atoms with E-state index in [1.54, 1.807) is 0 Å². The van der Waals surface area contributed by atoms with Gasteiger partial charge in [-0.05, 0) is 12.5 Å². The Kier molecular flexibility index (Phi) is 5.77. The van der Waals surface area contributed by atoms with E-state index in [9.17, 15) is 4.79 Å². The number of rotatable bonds is 6. The van der Waals surface area contributed by atoms with Gasteiger partial charge in [-0.25, -0.2) is 0 Å². The van der Waals surface area contributed by atoms with E-state index in [0.29, 0.717) is 13.0 Å². The van der Waals surface area contributed by atoms with Crippen LogP contribution < -0.4 is 5.32 Å². The van der Waals surface area contributed by atoms with Gasteiger partial charge in [-0.1, -0.05) is 55.8 Å². The number of aliphatic hydroxyl groups excluding tert-OH is 1. The summed E-state index contributed by atoms with van der Waals surface area (Å²) in [5, 5.41) is 11.9. The summed E-state index contributed by atoms with van der Waals surface area (Å²) in [6, 6.07) is 8.14. The van der Waals surface area contributed by atoms with Gasteiger partial charge in [0.1, 0.15) is 0 Å². The molecule has 0 radical (unpaired) electrons. The summed E-state index contributed by atoms with van der Waals surface area (Å²) in [7, 11) is 0. The highest BCUT2D eigenvalue weighted by Gasteiger charge is 2.16. The molecule has 0 fully saturated rings. The lowest BCUT2D eigenvalue weighted by atomic mass is 9.95. The van der Waals surface area contributed by atoms with E-state index >= 15 is 0 Å². The number of carbonyl (C=O) groups excluding carboxylic acids is 1. The molecule has 0 heterocycles. The Bertz CT molecular complexity index is 433. The number of nitrogens with one attached hydrogen (secondary N) is 1. The Morgan fingerprint density at radius 3 is 2.53 bits per heavy atom. The molecule has 0 saturated carbocycles. The van der Waals surface area contributed by atoms with E-state index < -0.39 is 0 Å². The van der Waals surface area contributed by atoms with Crippen molar-refractivity contribution in [2.45, 2.75) is 27.2 Å². The lowest BCUT2D eigenvalue weighted by molar-refractivity contribution is -0.120. The number of aryl methyl sites for hydroxylation is 1. The molecule has 0 bridgehead atoms. The third-order valence-electron chi connectivity index (χ3n) is 2.88. The minimum absolute atomic E-state index is 0.0233. The van der Waals surface area contributed by atoms with E-state index in [4.69, 9.17) is 5.11 Å². The van der Waals surface area contributed by atoms with Gasteiger partial charge in [0.25, 0.3) is 0 Å². The van der Waals surface area contributed by atoms with E-state index in [1.165, 1.54) is 5.56 Å². The first-order valence-corrected chi connectivity index (χ1v) is 6.54. The Hall–Kier alpha value is -1.61.